The van der Waals surface area contributed by atoms with Gasteiger partial charge in [0, 0.05) is 36.6 Å². The molecule has 7 nitrogen and oxygen atoms in total. The monoisotopic (exact) mass is 427 g/mol. The summed E-state index contributed by atoms with van der Waals surface area (Å²) in [5, 5.41) is 5.74. The largest absolute Gasteiger partial charge is 0.354 e. The molecule has 0 aliphatic heterocycles. The molecule has 0 atom stereocenters. The molecule has 0 aliphatic rings. The lowest BCUT2D eigenvalue weighted by Crippen LogP contribution is -2.36. The van der Waals surface area contributed by atoms with Gasteiger partial charge in [-0.25, -0.2) is 17.5 Å². The number of rotatable bonds is 9. The minimum absolute atomic E-state index is 0.0778. The molecule has 0 radical (unpaired) electrons. The summed E-state index contributed by atoms with van der Waals surface area (Å²) in [6.45, 7) is 0.306. The van der Waals surface area contributed by atoms with Crippen molar-refractivity contribution in [3.8, 4) is 0 Å². The van der Waals surface area contributed by atoms with Crippen molar-refractivity contribution in [1.29, 1.82) is 0 Å². The second kappa shape index (κ2) is 10.2. The van der Waals surface area contributed by atoms with E-state index in [1.807, 2.05) is 0 Å². The van der Waals surface area contributed by atoms with Crippen LogP contribution in [0.25, 0.3) is 0 Å². The summed E-state index contributed by atoms with van der Waals surface area (Å²) in [6, 6.07) is 10.7. The van der Waals surface area contributed by atoms with Crippen molar-refractivity contribution >= 4 is 33.4 Å². The van der Waals surface area contributed by atoms with Crippen LogP contribution in [-0.4, -0.2) is 39.9 Å². The number of benzene rings is 2. The normalized spacial score (nSPS) is 11.1. The van der Waals surface area contributed by atoms with Gasteiger partial charge in [-0.05, 0) is 48.5 Å². The van der Waals surface area contributed by atoms with Crippen LogP contribution in [0.4, 0.5) is 4.39 Å². The molecule has 0 fully saturated rings. The van der Waals surface area contributed by atoms with E-state index in [-0.39, 0.29) is 42.8 Å². The number of halogens is 2. The number of amides is 2. The lowest BCUT2D eigenvalue weighted by molar-refractivity contribution is -0.120. The van der Waals surface area contributed by atoms with Gasteiger partial charge in [-0.3, -0.25) is 9.59 Å². The fourth-order valence-electron chi connectivity index (χ4n) is 2.17. The molecule has 2 amide bonds. The van der Waals surface area contributed by atoms with Crippen molar-refractivity contribution in [1.82, 2.24) is 15.4 Å². The second-order valence-corrected chi connectivity index (χ2v) is 7.92. The van der Waals surface area contributed by atoms with Crippen LogP contribution in [0.5, 0.6) is 0 Å². The number of hydrogen-bond acceptors (Lipinski definition) is 4. The number of sulfonamides is 1. The molecular weight excluding hydrogens is 409 g/mol. The van der Waals surface area contributed by atoms with E-state index in [1.54, 1.807) is 24.3 Å². The van der Waals surface area contributed by atoms with Crippen LogP contribution in [0.15, 0.2) is 53.4 Å². The summed E-state index contributed by atoms with van der Waals surface area (Å²) in [6.07, 6.45) is -0.0778. The van der Waals surface area contributed by atoms with Gasteiger partial charge in [-0.1, -0.05) is 11.6 Å². The van der Waals surface area contributed by atoms with Crippen molar-refractivity contribution in [2.24, 2.45) is 0 Å². The van der Waals surface area contributed by atoms with E-state index in [9.17, 15) is 22.4 Å². The maximum atomic E-state index is 12.8. The molecular formula is C18H19ClFN3O4S. The van der Waals surface area contributed by atoms with Crippen LogP contribution in [0.2, 0.25) is 5.02 Å². The highest BCUT2D eigenvalue weighted by Gasteiger charge is 2.14. The SMILES string of the molecule is O=C(CCNS(=O)(=O)c1ccc(F)cc1)NCCNC(=O)c1ccc(Cl)cc1. The summed E-state index contributed by atoms with van der Waals surface area (Å²) in [7, 11) is -3.81. The maximum Gasteiger partial charge on any atom is 0.251 e. The summed E-state index contributed by atoms with van der Waals surface area (Å²) in [5.41, 5.74) is 0.450. The summed E-state index contributed by atoms with van der Waals surface area (Å²) >= 11 is 5.75. The van der Waals surface area contributed by atoms with Crippen LogP contribution in [0.3, 0.4) is 0 Å². The molecule has 150 valence electrons. The standard InChI is InChI=1S/C18H19ClFN3O4S/c19-14-3-1-13(2-4-14)18(25)22-12-11-21-17(24)9-10-23-28(26,27)16-7-5-15(20)6-8-16/h1-8,23H,9-12H2,(H,21,24)(H,22,25). The molecule has 0 heterocycles. The van der Waals surface area contributed by atoms with Crippen molar-refractivity contribution < 1.29 is 22.4 Å². The Balaban J connectivity index is 1.65. The van der Waals surface area contributed by atoms with E-state index in [2.05, 4.69) is 15.4 Å². The smallest absolute Gasteiger partial charge is 0.251 e. The highest BCUT2D eigenvalue weighted by molar-refractivity contribution is 7.89. The highest BCUT2D eigenvalue weighted by atomic mass is 35.5. The van der Waals surface area contributed by atoms with Gasteiger partial charge in [-0.2, -0.15) is 0 Å². The van der Waals surface area contributed by atoms with E-state index < -0.39 is 15.8 Å². The van der Waals surface area contributed by atoms with E-state index in [1.165, 1.54) is 0 Å². The van der Waals surface area contributed by atoms with Gasteiger partial charge in [0.1, 0.15) is 5.82 Å². The highest BCUT2D eigenvalue weighted by Crippen LogP contribution is 2.10. The fourth-order valence-corrected chi connectivity index (χ4v) is 3.32. The molecule has 2 rings (SSSR count). The molecule has 10 heteroatoms. The number of carbonyl (C=O) groups excluding carboxylic acids is 2. The molecule has 2 aromatic carbocycles. The van der Waals surface area contributed by atoms with Crippen LogP contribution in [0, 0.1) is 5.82 Å². The molecule has 0 saturated heterocycles. The zero-order valence-corrected chi connectivity index (χ0v) is 16.3. The minimum Gasteiger partial charge on any atom is -0.354 e. The van der Waals surface area contributed by atoms with Crippen LogP contribution in [-0.2, 0) is 14.8 Å². The van der Waals surface area contributed by atoms with Crippen LogP contribution >= 0.6 is 11.6 Å². The Morgan fingerprint density at radius 2 is 1.50 bits per heavy atom. The van der Waals surface area contributed by atoms with Gasteiger partial charge < -0.3 is 10.6 Å². The molecule has 28 heavy (non-hydrogen) atoms. The van der Waals surface area contributed by atoms with E-state index in [0.29, 0.717) is 10.6 Å². The average molecular weight is 428 g/mol. The Hall–Kier alpha value is -2.49. The zero-order valence-electron chi connectivity index (χ0n) is 14.7. The first-order valence-electron chi connectivity index (χ1n) is 8.33. The Labute approximate surface area is 167 Å². The molecule has 2 aromatic rings. The minimum atomic E-state index is -3.81. The summed E-state index contributed by atoms with van der Waals surface area (Å²) in [5.74, 6) is -1.21. The third-order valence-corrected chi connectivity index (χ3v) is 5.34. The van der Waals surface area contributed by atoms with Gasteiger partial charge in [0.2, 0.25) is 15.9 Å². The first-order valence-corrected chi connectivity index (χ1v) is 10.2. The second-order valence-electron chi connectivity index (χ2n) is 5.71. The number of nitrogens with one attached hydrogen (secondary N) is 3. The number of carbonyl (C=O) groups is 2. The van der Waals surface area contributed by atoms with E-state index >= 15 is 0 Å². The molecule has 0 spiro atoms. The average Bonchev–Trinajstić information content (AvgIpc) is 2.66. The van der Waals surface area contributed by atoms with E-state index in [0.717, 1.165) is 24.3 Å². The van der Waals surface area contributed by atoms with Crippen molar-refractivity contribution in [2.75, 3.05) is 19.6 Å². The Bertz CT molecular complexity index is 919. The quantitative estimate of drug-likeness (QED) is 0.530. The predicted molar refractivity (Wildman–Crippen MR) is 103 cm³/mol. The molecule has 0 unspecified atom stereocenters. The van der Waals surface area contributed by atoms with Gasteiger partial charge in [0.25, 0.3) is 5.91 Å². The van der Waals surface area contributed by atoms with Crippen LogP contribution in [0.1, 0.15) is 16.8 Å². The lowest BCUT2D eigenvalue weighted by atomic mass is 10.2. The molecule has 0 aromatic heterocycles. The first-order chi connectivity index (χ1) is 13.3. The fraction of sp³-hybridized carbons (Fsp3) is 0.222. The zero-order chi connectivity index (χ0) is 20.6. The predicted octanol–water partition coefficient (Wildman–Crippen LogP) is 1.69. The van der Waals surface area contributed by atoms with Crippen LogP contribution < -0.4 is 15.4 Å². The van der Waals surface area contributed by atoms with Gasteiger partial charge in [0.05, 0.1) is 4.90 Å². The number of hydrogen-bond donors (Lipinski definition) is 3. The summed E-state index contributed by atoms with van der Waals surface area (Å²) < 4.78 is 39.1. The topological polar surface area (TPSA) is 104 Å². The van der Waals surface area contributed by atoms with Gasteiger partial charge in [-0.15, -0.1) is 0 Å². The Morgan fingerprint density at radius 1 is 0.893 bits per heavy atom. The van der Waals surface area contributed by atoms with Gasteiger partial charge >= 0.3 is 0 Å². The Kier molecular flexibility index (Phi) is 7.91. The third-order valence-electron chi connectivity index (χ3n) is 3.61. The molecule has 3 N–H and O–H groups in total. The summed E-state index contributed by atoms with van der Waals surface area (Å²) in [4.78, 5) is 23.5. The van der Waals surface area contributed by atoms with Crippen molar-refractivity contribution in [2.45, 2.75) is 11.3 Å². The van der Waals surface area contributed by atoms with Gasteiger partial charge in [0.15, 0.2) is 0 Å². The molecule has 0 aliphatic carbocycles. The van der Waals surface area contributed by atoms with E-state index in [4.69, 9.17) is 11.6 Å². The molecule has 0 bridgehead atoms. The first kappa shape index (κ1) is 21.8. The van der Waals surface area contributed by atoms with Crippen molar-refractivity contribution in [3.05, 3.63) is 64.9 Å². The third kappa shape index (κ3) is 6.91. The van der Waals surface area contributed by atoms with Crippen molar-refractivity contribution in [3.63, 3.8) is 0 Å². The molecule has 0 saturated carbocycles. The Morgan fingerprint density at radius 3 is 2.14 bits per heavy atom. The maximum absolute atomic E-state index is 12.8. The lowest BCUT2D eigenvalue weighted by Gasteiger charge is -2.09.